The van der Waals surface area contributed by atoms with E-state index in [4.69, 9.17) is 0 Å². The number of ketones is 1. The van der Waals surface area contributed by atoms with E-state index in [0.29, 0.717) is 18.1 Å². The molecule has 21 heavy (non-hydrogen) atoms. The van der Waals surface area contributed by atoms with Crippen LogP contribution < -0.4 is 0 Å². The summed E-state index contributed by atoms with van der Waals surface area (Å²) in [5.74, 6) is 0.746. The molecule has 0 bridgehead atoms. The molecule has 1 aliphatic rings. The van der Waals surface area contributed by atoms with Gasteiger partial charge in [-0.3, -0.25) is 4.79 Å². The van der Waals surface area contributed by atoms with Gasteiger partial charge in [0, 0.05) is 30.4 Å². The molecule has 0 N–H and O–H groups in total. The van der Waals surface area contributed by atoms with Crippen LogP contribution in [0.15, 0.2) is 42.6 Å². The van der Waals surface area contributed by atoms with Crippen LogP contribution in [0.25, 0.3) is 0 Å². The Morgan fingerprint density at radius 3 is 2.57 bits per heavy atom. The Morgan fingerprint density at radius 2 is 1.86 bits per heavy atom. The van der Waals surface area contributed by atoms with E-state index < -0.39 is 0 Å². The Morgan fingerprint density at radius 1 is 1.14 bits per heavy atom. The molecule has 1 aromatic heterocycles. The lowest BCUT2D eigenvalue weighted by Gasteiger charge is -2.30. The highest BCUT2D eigenvalue weighted by Gasteiger charge is 2.33. The molecule has 1 atom stereocenters. The van der Waals surface area contributed by atoms with Gasteiger partial charge in [0.1, 0.15) is 0 Å². The quantitative estimate of drug-likeness (QED) is 0.815. The van der Waals surface area contributed by atoms with Crippen LogP contribution in [0.2, 0.25) is 0 Å². The second kappa shape index (κ2) is 5.18. The lowest BCUT2D eigenvalue weighted by atomic mass is 9.76. The SMILES string of the molecule is CC(Cn1ccc2c1CC(C)(C)CC2=O)c1ccccc1. The number of Topliss-reactive ketones (excluding diaryl/α,β-unsaturated/α-hetero) is 1. The standard InChI is InChI=1S/C19H23NO/c1-14(15-7-5-4-6-8-15)13-20-10-9-16-17(20)11-19(2,3)12-18(16)21/h4-10,14H,11-13H2,1-3H3. The van der Waals surface area contributed by atoms with Crippen LogP contribution in [0.1, 0.15) is 54.7 Å². The predicted molar refractivity (Wildman–Crippen MR) is 85.7 cm³/mol. The maximum absolute atomic E-state index is 12.3. The smallest absolute Gasteiger partial charge is 0.165 e. The molecule has 1 heterocycles. The predicted octanol–water partition coefficient (Wildman–Crippen LogP) is 4.45. The monoisotopic (exact) mass is 281 g/mol. The van der Waals surface area contributed by atoms with Crippen LogP contribution in [-0.4, -0.2) is 10.4 Å². The second-order valence-corrected chi connectivity index (χ2v) is 7.08. The highest BCUT2D eigenvalue weighted by molar-refractivity contribution is 5.98. The molecule has 0 aliphatic heterocycles. The summed E-state index contributed by atoms with van der Waals surface area (Å²) in [7, 11) is 0. The fourth-order valence-corrected chi connectivity index (χ4v) is 3.35. The first-order chi connectivity index (χ1) is 9.96. The van der Waals surface area contributed by atoms with Crippen molar-refractivity contribution in [3.63, 3.8) is 0 Å². The van der Waals surface area contributed by atoms with Crippen LogP contribution >= 0.6 is 0 Å². The van der Waals surface area contributed by atoms with E-state index in [-0.39, 0.29) is 5.41 Å². The molecule has 110 valence electrons. The summed E-state index contributed by atoms with van der Waals surface area (Å²) in [5.41, 5.74) is 3.59. The normalized spacial score (nSPS) is 18.3. The van der Waals surface area contributed by atoms with Crippen molar-refractivity contribution in [2.75, 3.05) is 0 Å². The molecule has 1 aromatic carbocycles. The summed E-state index contributed by atoms with van der Waals surface area (Å²) in [6.45, 7) is 7.55. The van der Waals surface area contributed by atoms with Crippen molar-refractivity contribution in [2.24, 2.45) is 5.41 Å². The van der Waals surface area contributed by atoms with Crippen LogP contribution in [0.3, 0.4) is 0 Å². The molecule has 1 unspecified atom stereocenters. The van der Waals surface area contributed by atoms with Crippen molar-refractivity contribution in [1.82, 2.24) is 4.57 Å². The molecule has 2 heteroatoms. The molecule has 0 spiro atoms. The highest BCUT2D eigenvalue weighted by atomic mass is 16.1. The van der Waals surface area contributed by atoms with Crippen molar-refractivity contribution in [2.45, 2.75) is 46.1 Å². The van der Waals surface area contributed by atoms with Crippen LogP contribution in [0, 0.1) is 5.41 Å². The Kier molecular flexibility index (Phi) is 3.48. The summed E-state index contributed by atoms with van der Waals surface area (Å²) in [6, 6.07) is 12.6. The largest absolute Gasteiger partial charge is 0.350 e. The molecule has 3 rings (SSSR count). The summed E-state index contributed by atoms with van der Waals surface area (Å²) in [5, 5.41) is 0. The number of carbonyl (C=O) groups excluding carboxylic acids is 1. The number of hydrogen-bond acceptors (Lipinski definition) is 1. The molecular weight excluding hydrogens is 258 g/mol. The number of hydrogen-bond donors (Lipinski definition) is 0. The number of nitrogens with zero attached hydrogens (tertiary/aromatic N) is 1. The Bertz CT molecular complexity index is 651. The Labute approximate surface area is 126 Å². The molecule has 2 nitrogen and oxygen atoms in total. The van der Waals surface area contributed by atoms with Gasteiger partial charge in [-0.05, 0) is 29.4 Å². The van der Waals surface area contributed by atoms with Crippen molar-refractivity contribution in [1.29, 1.82) is 0 Å². The van der Waals surface area contributed by atoms with Gasteiger partial charge in [0.25, 0.3) is 0 Å². The van der Waals surface area contributed by atoms with Crippen molar-refractivity contribution < 1.29 is 4.79 Å². The zero-order valence-corrected chi connectivity index (χ0v) is 13.1. The number of aromatic nitrogens is 1. The summed E-state index contributed by atoms with van der Waals surface area (Å²) >= 11 is 0. The summed E-state index contributed by atoms with van der Waals surface area (Å²) < 4.78 is 2.28. The minimum atomic E-state index is 0.0795. The molecular formula is C19H23NO. The van der Waals surface area contributed by atoms with Gasteiger partial charge in [-0.15, -0.1) is 0 Å². The third-order valence-corrected chi connectivity index (χ3v) is 4.50. The Balaban J connectivity index is 1.87. The van der Waals surface area contributed by atoms with E-state index in [2.05, 4.69) is 61.9 Å². The van der Waals surface area contributed by atoms with Gasteiger partial charge < -0.3 is 4.57 Å². The second-order valence-electron chi connectivity index (χ2n) is 7.08. The maximum atomic E-state index is 12.3. The van der Waals surface area contributed by atoms with E-state index in [9.17, 15) is 4.79 Å². The molecule has 2 aromatic rings. The lowest BCUT2D eigenvalue weighted by molar-refractivity contribution is 0.0910. The van der Waals surface area contributed by atoms with Gasteiger partial charge in [-0.2, -0.15) is 0 Å². The van der Waals surface area contributed by atoms with Gasteiger partial charge in [-0.25, -0.2) is 0 Å². The van der Waals surface area contributed by atoms with E-state index in [1.54, 1.807) is 0 Å². The molecule has 1 aliphatic carbocycles. The van der Waals surface area contributed by atoms with Crippen molar-refractivity contribution in [3.8, 4) is 0 Å². The van der Waals surface area contributed by atoms with E-state index in [0.717, 1.165) is 18.5 Å². The fraction of sp³-hybridized carbons (Fsp3) is 0.421. The third kappa shape index (κ3) is 2.80. The average molecular weight is 281 g/mol. The topological polar surface area (TPSA) is 22.0 Å². The van der Waals surface area contributed by atoms with Gasteiger partial charge in [0.15, 0.2) is 5.78 Å². The van der Waals surface area contributed by atoms with Gasteiger partial charge in [0.05, 0.1) is 0 Å². The number of rotatable bonds is 3. The van der Waals surface area contributed by atoms with E-state index in [1.165, 1.54) is 11.3 Å². The van der Waals surface area contributed by atoms with Gasteiger partial charge in [-0.1, -0.05) is 51.1 Å². The minimum absolute atomic E-state index is 0.0795. The number of benzene rings is 1. The molecule has 0 saturated carbocycles. The average Bonchev–Trinajstić information content (AvgIpc) is 2.81. The zero-order valence-electron chi connectivity index (χ0n) is 13.1. The molecule has 0 amide bonds. The summed E-state index contributed by atoms with van der Waals surface area (Å²) in [6.07, 6.45) is 3.74. The van der Waals surface area contributed by atoms with Crippen LogP contribution in [0.5, 0.6) is 0 Å². The first-order valence-electron chi connectivity index (χ1n) is 7.72. The molecule has 0 radical (unpaired) electrons. The third-order valence-electron chi connectivity index (χ3n) is 4.50. The fourth-order valence-electron chi connectivity index (χ4n) is 3.35. The van der Waals surface area contributed by atoms with E-state index >= 15 is 0 Å². The van der Waals surface area contributed by atoms with Crippen LogP contribution in [0.4, 0.5) is 0 Å². The van der Waals surface area contributed by atoms with Gasteiger partial charge in [0.2, 0.25) is 0 Å². The Hall–Kier alpha value is -1.83. The van der Waals surface area contributed by atoms with E-state index in [1.807, 2.05) is 6.07 Å². The minimum Gasteiger partial charge on any atom is -0.350 e. The van der Waals surface area contributed by atoms with Gasteiger partial charge >= 0.3 is 0 Å². The van der Waals surface area contributed by atoms with Crippen molar-refractivity contribution >= 4 is 5.78 Å². The molecule has 0 fully saturated rings. The molecule has 0 saturated heterocycles. The van der Waals surface area contributed by atoms with Crippen molar-refractivity contribution in [3.05, 3.63) is 59.4 Å². The maximum Gasteiger partial charge on any atom is 0.165 e. The number of fused-ring (bicyclic) bond motifs is 1. The van der Waals surface area contributed by atoms with Crippen LogP contribution in [-0.2, 0) is 13.0 Å². The first kappa shape index (κ1) is 14.1. The lowest BCUT2D eigenvalue weighted by Crippen LogP contribution is -2.28. The first-order valence-corrected chi connectivity index (χ1v) is 7.72. The number of carbonyl (C=O) groups is 1. The zero-order chi connectivity index (χ0) is 15.0. The summed E-state index contributed by atoms with van der Waals surface area (Å²) in [4.78, 5) is 12.3. The highest BCUT2D eigenvalue weighted by Crippen LogP contribution is 2.35.